The fourth-order valence-electron chi connectivity index (χ4n) is 3.21. The molecule has 8 heteroatoms. The van der Waals surface area contributed by atoms with E-state index in [2.05, 4.69) is 15.7 Å². The Labute approximate surface area is 172 Å². The van der Waals surface area contributed by atoms with Crippen LogP contribution in [0.3, 0.4) is 0 Å². The van der Waals surface area contributed by atoms with Gasteiger partial charge in [-0.25, -0.2) is 0 Å². The quantitative estimate of drug-likeness (QED) is 0.736. The summed E-state index contributed by atoms with van der Waals surface area (Å²) >= 11 is 0. The Kier molecular flexibility index (Phi) is 8.29. The summed E-state index contributed by atoms with van der Waals surface area (Å²) in [5.41, 5.74) is 2.59. The molecule has 1 aliphatic rings. The van der Waals surface area contributed by atoms with Gasteiger partial charge in [-0.15, -0.1) is 12.4 Å². The molecule has 1 saturated heterocycles. The van der Waals surface area contributed by atoms with Crippen LogP contribution in [0.1, 0.15) is 30.0 Å². The molecule has 0 saturated carbocycles. The van der Waals surface area contributed by atoms with E-state index in [0.29, 0.717) is 12.5 Å². The number of likely N-dealkylation sites (N-methyl/N-ethyl adjacent to an activating group) is 1. The van der Waals surface area contributed by atoms with Gasteiger partial charge in [-0.1, -0.05) is 6.07 Å². The lowest BCUT2D eigenvalue weighted by atomic mass is 10.0. The van der Waals surface area contributed by atoms with Gasteiger partial charge in [0.25, 0.3) is 0 Å². The van der Waals surface area contributed by atoms with Gasteiger partial charge in [0.1, 0.15) is 11.8 Å². The number of nitrogens with zero attached hydrogens (tertiary/aromatic N) is 2. The van der Waals surface area contributed by atoms with E-state index in [0.717, 1.165) is 48.6 Å². The van der Waals surface area contributed by atoms with Crippen LogP contribution in [0.4, 0.5) is 5.69 Å². The SMILES string of the molecule is CNC(C(=O)Nc1ccc(C)c(OCC2CCOCC2)c1)c1cnn(C)c1.Cl. The molecule has 1 fully saturated rings. The number of amides is 1. The maximum absolute atomic E-state index is 12.7. The molecule has 154 valence electrons. The number of ether oxygens (including phenoxy) is 2. The van der Waals surface area contributed by atoms with Crippen molar-refractivity contribution in [2.75, 3.05) is 32.2 Å². The number of carbonyl (C=O) groups is 1. The predicted octanol–water partition coefficient (Wildman–Crippen LogP) is 2.85. The van der Waals surface area contributed by atoms with Gasteiger partial charge in [-0.2, -0.15) is 5.10 Å². The zero-order chi connectivity index (χ0) is 19.2. The minimum Gasteiger partial charge on any atom is -0.493 e. The van der Waals surface area contributed by atoms with E-state index < -0.39 is 6.04 Å². The van der Waals surface area contributed by atoms with Gasteiger partial charge in [-0.05, 0) is 44.4 Å². The van der Waals surface area contributed by atoms with Gasteiger partial charge >= 0.3 is 0 Å². The van der Waals surface area contributed by atoms with Crippen molar-refractivity contribution in [2.24, 2.45) is 13.0 Å². The molecule has 3 rings (SSSR count). The van der Waals surface area contributed by atoms with Gasteiger partial charge in [0.05, 0.1) is 12.8 Å². The van der Waals surface area contributed by atoms with Gasteiger partial charge < -0.3 is 20.1 Å². The van der Waals surface area contributed by atoms with E-state index in [1.807, 2.05) is 38.4 Å². The first kappa shape index (κ1) is 22.2. The van der Waals surface area contributed by atoms with Crippen LogP contribution < -0.4 is 15.4 Å². The summed E-state index contributed by atoms with van der Waals surface area (Å²) in [5.74, 6) is 1.20. The van der Waals surface area contributed by atoms with Crippen molar-refractivity contribution < 1.29 is 14.3 Å². The number of aromatic nitrogens is 2. The zero-order valence-corrected chi connectivity index (χ0v) is 17.4. The predicted molar refractivity (Wildman–Crippen MR) is 111 cm³/mol. The molecule has 0 bridgehead atoms. The molecule has 2 aromatic rings. The lowest BCUT2D eigenvalue weighted by molar-refractivity contribution is -0.118. The van der Waals surface area contributed by atoms with E-state index in [-0.39, 0.29) is 18.3 Å². The molecule has 1 atom stereocenters. The first-order valence-corrected chi connectivity index (χ1v) is 9.34. The molecule has 2 heterocycles. The van der Waals surface area contributed by atoms with Crippen molar-refractivity contribution in [1.29, 1.82) is 0 Å². The monoisotopic (exact) mass is 408 g/mol. The number of anilines is 1. The highest BCUT2D eigenvalue weighted by Gasteiger charge is 2.21. The first-order chi connectivity index (χ1) is 13.1. The van der Waals surface area contributed by atoms with Crippen LogP contribution in [0, 0.1) is 12.8 Å². The summed E-state index contributed by atoms with van der Waals surface area (Å²) in [6, 6.07) is 5.28. The molecule has 0 radical (unpaired) electrons. The second-order valence-corrected chi connectivity index (χ2v) is 7.01. The molecular formula is C20H29ClN4O3. The lowest BCUT2D eigenvalue weighted by Crippen LogP contribution is -2.30. The minimum absolute atomic E-state index is 0. The molecule has 1 aromatic heterocycles. The molecule has 7 nitrogen and oxygen atoms in total. The summed E-state index contributed by atoms with van der Waals surface area (Å²) in [7, 11) is 3.59. The Balaban J connectivity index is 0.00000280. The van der Waals surface area contributed by atoms with E-state index in [1.54, 1.807) is 17.9 Å². The second-order valence-electron chi connectivity index (χ2n) is 7.01. The Morgan fingerprint density at radius 2 is 2.14 bits per heavy atom. The van der Waals surface area contributed by atoms with Crippen molar-refractivity contribution in [3.05, 3.63) is 41.7 Å². The molecule has 2 N–H and O–H groups in total. The number of hydrogen-bond acceptors (Lipinski definition) is 5. The molecule has 1 unspecified atom stereocenters. The smallest absolute Gasteiger partial charge is 0.246 e. The molecule has 28 heavy (non-hydrogen) atoms. The maximum atomic E-state index is 12.7. The average Bonchev–Trinajstić information content (AvgIpc) is 3.09. The van der Waals surface area contributed by atoms with E-state index in [9.17, 15) is 4.79 Å². The van der Waals surface area contributed by atoms with E-state index in [1.165, 1.54) is 0 Å². The van der Waals surface area contributed by atoms with Crippen molar-refractivity contribution in [1.82, 2.24) is 15.1 Å². The number of aryl methyl sites for hydroxylation is 2. The zero-order valence-electron chi connectivity index (χ0n) is 16.6. The van der Waals surface area contributed by atoms with Crippen LogP contribution in [0.15, 0.2) is 30.6 Å². The largest absolute Gasteiger partial charge is 0.493 e. The van der Waals surface area contributed by atoms with E-state index in [4.69, 9.17) is 9.47 Å². The van der Waals surface area contributed by atoms with E-state index >= 15 is 0 Å². The molecular weight excluding hydrogens is 380 g/mol. The molecule has 1 aromatic carbocycles. The highest BCUT2D eigenvalue weighted by Crippen LogP contribution is 2.25. The molecule has 1 aliphatic heterocycles. The average molecular weight is 409 g/mol. The van der Waals surface area contributed by atoms with Crippen molar-refractivity contribution >= 4 is 24.0 Å². The number of nitrogens with one attached hydrogen (secondary N) is 2. The number of halogens is 1. The topological polar surface area (TPSA) is 77.4 Å². The van der Waals surface area contributed by atoms with Crippen molar-refractivity contribution in [3.8, 4) is 5.75 Å². The van der Waals surface area contributed by atoms with Crippen LogP contribution in [0.2, 0.25) is 0 Å². The third-order valence-electron chi connectivity index (χ3n) is 4.88. The molecule has 1 amide bonds. The highest BCUT2D eigenvalue weighted by atomic mass is 35.5. The number of rotatable bonds is 7. The standard InChI is InChI=1S/C20H28N4O3.ClH/c1-14-4-5-17(10-18(14)27-13-15-6-8-26-9-7-15)23-20(25)19(21-2)16-11-22-24(3)12-16;/h4-5,10-12,15,19,21H,6-9,13H2,1-3H3,(H,23,25);1H. The fourth-order valence-corrected chi connectivity index (χ4v) is 3.21. The third kappa shape index (κ3) is 5.70. The Morgan fingerprint density at radius 1 is 1.39 bits per heavy atom. The Hall–Kier alpha value is -2.09. The molecule has 0 spiro atoms. The van der Waals surface area contributed by atoms with Gasteiger partial charge in [0.15, 0.2) is 0 Å². The van der Waals surface area contributed by atoms with Crippen LogP contribution >= 0.6 is 12.4 Å². The number of carbonyl (C=O) groups excluding carboxylic acids is 1. The lowest BCUT2D eigenvalue weighted by Gasteiger charge is -2.23. The maximum Gasteiger partial charge on any atom is 0.246 e. The van der Waals surface area contributed by atoms with Crippen molar-refractivity contribution in [3.63, 3.8) is 0 Å². The summed E-state index contributed by atoms with van der Waals surface area (Å²) < 4.78 is 13.1. The normalized spacial score (nSPS) is 15.5. The summed E-state index contributed by atoms with van der Waals surface area (Å²) in [6.45, 7) is 4.30. The van der Waals surface area contributed by atoms with Gasteiger partial charge in [-0.3, -0.25) is 9.48 Å². The fraction of sp³-hybridized carbons (Fsp3) is 0.500. The summed E-state index contributed by atoms with van der Waals surface area (Å²) in [6.07, 6.45) is 5.59. The number of hydrogen-bond donors (Lipinski definition) is 2. The summed E-state index contributed by atoms with van der Waals surface area (Å²) in [5, 5.41) is 10.1. The van der Waals surface area contributed by atoms with Crippen LogP contribution in [-0.4, -0.2) is 42.6 Å². The van der Waals surface area contributed by atoms with Gasteiger partial charge in [0.2, 0.25) is 5.91 Å². The number of benzene rings is 1. The Bertz CT molecular complexity index is 775. The van der Waals surface area contributed by atoms with Crippen LogP contribution in [-0.2, 0) is 16.6 Å². The van der Waals surface area contributed by atoms with Crippen LogP contribution in [0.5, 0.6) is 5.75 Å². The van der Waals surface area contributed by atoms with Gasteiger partial charge in [0, 0.05) is 43.8 Å². The Morgan fingerprint density at radius 3 is 2.79 bits per heavy atom. The second kappa shape index (κ2) is 10.5. The summed E-state index contributed by atoms with van der Waals surface area (Å²) in [4.78, 5) is 12.7. The first-order valence-electron chi connectivity index (χ1n) is 9.34. The molecule has 0 aliphatic carbocycles. The van der Waals surface area contributed by atoms with Crippen molar-refractivity contribution in [2.45, 2.75) is 25.8 Å². The highest BCUT2D eigenvalue weighted by molar-refractivity contribution is 5.95. The third-order valence-corrected chi connectivity index (χ3v) is 4.88. The van der Waals surface area contributed by atoms with Crippen LogP contribution in [0.25, 0.3) is 0 Å². The minimum atomic E-state index is -0.466.